The van der Waals surface area contributed by atoms with Gasteiger partial charge < -0.3 is 15.3 Å². The van der Waals surface area contributed by atoms with Crippen molar-refractivity contribution < 1.29 is 9.90 Å². The third-order valence-electron chi connectivity index (χ3n) is 2.39. The lowest BCUT2D eigenvalue weighted by Gasteiger charge is -2.16. The van der Waals surface area contributed by atoms with Gasteiger partial charge in [0, 0.05) is 24.6 Å². The summed E-state index contributed by atoms with van der Waals surface area (Å²) >= 11 is 3.37. The van der Waals surface area contributed by atoms with Crippen molar-refractivity contribution >= 4 is 22.0 Å². The number of likely N-dealkylation sites (N-methyl/N-ethyl adjacent to an activating group) is 1. The van der Waals surface area contributed by atoms with Crippen molar-refractivity contribution in [2.45, 2.75) is 6.42 Å². The number of amides is 2. The van der Waals surface area contributed by atoms with E-state index in [0.29, 0.717) is 13.1 Å². The van der Waals surface area contributed by atoms with E-state index in [-0.39, 0.29) is 12.6 Å². The number of benzene rings is 1. The third kappa shape index (κ3) is 5.19. The molecule has 0 bridgehead atoms. The van der Waals surface area contributed by atoms with E-state index in [2.05, 4.69) is 21.2 Å². The van der Waals surface area contributed by atoms with Crippen molar-refractivity contribution in [3.63, 3.8) is 0 Å². The Morgan fingerprint density at radius 1 is 1.41 bits per heavy atom. The Morgan fingerprint density at radius 2 is 2.06 bits per heavy atom. The van der Waals surface area contributed by atoms with Crippen LogP contribution in [0.4, 0.5) is 4.79 Å². The zero-order valence-electron chi connectivity index (χ0n) is 9.82. The van der Waals surface area contributed by atoms with Crippen LogP contribution in [-0.2, 0) is 6.42 Å². The van der Waals surface area contributed by atoms with Gasteiger partial charge in [-0.25, -0.2) is 4.79 Å². The summed E-state index contributed by atoms with van der Waals surface area (Å²) in [6.45, 7) is 0.928. The van der Waals surface area contributed by atoms with Crippen LogP contribution in [0.2, 0.25) is 0 Å². The first-order valence-corrected chi connectivity index (χ1v) is 6.27. The highest BCUT2D eigenvalue weighted by Crippen LogP contribution is 2.10. The van der Waals surface area contributed by atoms with E-state index in [9.17, 15) is 4.79 Å². The minimum atomic E-state index is -0.156. The van der Waals surface area contributed by atoms with Gasteiger partial charge in [-0.05, 0) is 24.1 Å². The van der Waals surface area contributed by atoms with Crippen molar-refractivity contribution in [3.8, 4) is 0 Å². The molecule has 1 rings (SSSR count). The smallest absolute Gasteiger partial charge is 0.317 e. The second-order valence-corrected chi connectivity index (χ2v) is 4.67. The SMILES string of the molecule is CN(CCO)C(=O)NCCc1ccc(Br)cc1. The molecule has 0 spiro atoms. The quantitative estimate of drug-likeness (QED) is 0.868. The zero-order valence-corrected chi connectivity index (χ0v) is 11.4. The molecule has 17 heavy (non-hydrogen) atoms. The Labute approximate surface area is 110 Å². The molecule has 0 atom stereocenters. The number of hydrogen-bond acceptors (Lipinski definition) is 2. The minimum Gasteiger partial charge on any atom is -0.395 e. The van der Waals surface area contributed by atoms with Gasteiger partial charge in [0.05, 0.1) is 6.61 Å². The van der Waals surface area contributed by atoms with Gasteiger partial charge in [-0.2, -0.15) is 0 Å². The summed E-state index contributed by atoms with van der Waals surface area (Å²) in [5.41, 5.74) is 1.18. The number of hydrogen-bond donors (Lipinski definition) is 2. The molecule has 1 aromatic carbocycles. The van der Waals surface area contributed by atoms with Gasteiger partial charge in [0.25, 0.3) is 0 Å². The fourth-order valence-electron chi connectivity index (χ4n) is 1.35. The summed E-state index contributed by atoms with van der Waals surface area (Å²) in [7, 11) is 1.66. The van der Waals surface area contributed by atoms with Crippen molar-refractivity contribution in [2.24, 2.45) is 0 Å². The summed E-state index contributed by atoms with van der Waals surface area (Å²) in [6, 6.07) is 7.85. The minimum absolute atomic E-state index is 0.0172. The third-order valence-corrected chi connectivity index (χ3v) is 2.91. The molecular weight excluding hydrogens is 284 g/mol. The molecule has 94 valence electrons. The average Bonchev–Trinajstić information content (AvgIpc) is 2.32. The molecule has 0 unspecified atom stereocenters. The number of rotatable bonds is 5. The maximum atomic E-state index is 11.5. The van der Waals surface area contributed by atoms with Crippen molar-refractivity contribution in [1.29, 1.82) is 0 Å². The van der Waals surface area contributed by atoms with Gasteiger partial charge in [-0.3, -0.25) is 0 Å². The van der Waals surface area contributed by atoms with E-state index >= 15 is 0 Å². The van der Waals surface area contributed by atoms with E-state index in [1.54, 1.807) is 7.05 Å². The van der Waals surface area contributed by atoms with Crippen LogP contribution in [0.3, 0.4) is 0 Å². The number of urea groups is 1. The van der Waals surface area contributed by atoms with Crippen LogP contribution >= 0.6 is 15.9 Å². The summed E-state index contributed by atoms with van der Waals surface area (Å²) in [4.78, 5) is 12.9. The van der Waals surface area contributed by atoms with Crippen LogP contribution in [0.25, 0.3) is 0 Å². The van der Waals surface area contributed by atoms with Crippen LogP contribution in [0, 0.1) is 0 Å². The Morgan fingerprint density at radius 3 is 2.65 bits per heavy atom. The molecule has 0 fully saturated rings. The highest BCUT2D eigenvalue weighted by atomic mass is 79.9. The first-order chi connectivity index (χ1) is 8.13. The molecule has 0 saturated carbocycles. The van der Waals surface area contributed by atoms with Crippen molar-refractivity contribution in [2.75, 3.05) is 26.7 Å². The molecule has 5 heteroatoms. The lowest BCUT2D eigenvalue weighted by atomic mass is 10.1. The zero-order chi connectivity index (χ0) is 12.7. The Hall–Kier alpha value is -1.07. The molecule has 0 saturated heterocycles. The molecule has 0 heterocycles. The molecule has 1 aromatic rings. The van der Waals surface area contributed by atoms with Crippen LogP contribution in [0.15, 0.2) is 28.7 Å². The van der Waals surface area contributed by atoms with E-state index < -0.39 is 0 Å². The van der Waals surface area contributed by atoms with E-state index in [1.807, 2.05) is 24.3 Å². The maximum Gasteiger partial charge on any atom is 0.317 e. The van der Waals surface area contributed by atoms with Crippen molar-refractivity contribution in [1.82, 2.24) is 10.2 Å². The monoisotopic (exact) mass is 300 g/mol. The second kappa shape index (κ2) is 7.29. The van der Waals surface area contributed by atoms with E-state index in [0.717, 1.165) is 10.9 Å². The Balaban J connectivity index is 2.28. The largest absolute Gasteiger partial charge is 0.395 e. The molecular formula is C12H17BrN2O2. The first kappa shape index (κ1) is 14.0. The Kier molecular flexibility index (Phi) is 6.00. The molecule has 0 aromatic heterocycles. The van der Waals surface area contributed by atoms with E-state index in [1.165, 1.54) is 10.5 Å². The van der Waals surface area contributed by atoms with E-state index in [4.69, 9.17) is 5.11 Å². The van der Waals surface area contributed by atoms with Gasteiger partial charge >= 0.3 is 6.03 Å². The number of aliphatic hydroxyl groups excluding tert-OH is 1. The van der Waals surface area contributed by atoms with Crippen LogP contribution in [0.5, 0.6) is 0 Å². The first-order valence-electron chi connectivity index (χ1n) is 5.47. The summed E-state index contributed by atoms with van der Waals surface area (Å²) in [5.74, 6) is 0. The molecule has 0 radical (unpaired) electrons. The van der Waals surface area contributed by atoms with Gasteiger partial charge in [-0.1, -0.05) is 28.1 Å². The van der Waals surface area contributed by atoms with Crippen molar-refractivity contribution in [3.05, 3.63) is 34.3 Å². The average molecular weight is 301 g/mol. The van der Waals surface area contributed by atoms with Gasteiger partial charge in [0.15, 0.2) is 0 Å². The lowest BCUT2D eigenvalue weighted by molar-refractivity contribution is 0.190. The van der Waals surface area contributed by atoms with Gasteiger partial charge in [-0.15, -0.1) is 0 Å². The number of aliphatic hydroxyl groups is 1. The molecule has 2 N–H and O–H groups in total. The number of halogens is 1. The molecule has 4 nitrogen and oxygen atoms in total. The Bertz CT molecular complexity index is 354. The highest BCUT2D eigenvalue weighted by Gasteiger charge is 2.05. The fraction of sp³-hybridized carbons (Fsp3) is 0.417. The van der Waals surface area contributed by atoms with Gasteiger partial charge in [0.2, 0.25) is 0 Å². The number of nitrogens with zero attached hydrogens (tertiary/aromatic N) is 1. The van der Waals surface area contributed by atoms with Crippen LogP contribution in [-0.4, -0.2) is 42.8 Å². The normalized spacial score (nSPS) is 10.1. The van der Waals surface area contributed by atoms with Gasteiger partial charge in [0.1, 0.15) is 0 Å². The van der Waals surface area contributed by atoms with Crippen LogP contribution in [0.1, 0.15) is 5.56 Å². The summed E-state index contributed by atoms with van der Waals surface area (Å²) in [5, 5.41) is 11.5. The number of nitrogens with one attached hydrogen (secondary N) is 1. The molecule has 0 aliphatic heterocycles. The number of carbonyl (C=O) groups is 1. The topological polar surface area (TPSA) is 52.6 Å². The highest BCUT2D eigenvalue weighted by molar-refractivity contribution is 9.10. The predicted molar refractivity (Wildman–Crippen MR) is 71.0 cm³/mol. The molecule has 0 aliphatic rings. The second-order valence-electron chi connectivity index (χ2n) is 3.75. The summed E-state index contributed by atoms with van der Waals surface area (Å²) in [6.07, 6.45) is 0.798. The molecule has 2 amide bonds. The van der Waals surface area contributed by atoms with Crippen LogP contribution < -0.4 is 5.32 Å². The number of carbonyl (C=O) groups excluding carboxylic acids is 1. The molecule has 0 aliphatic carbocycles. The maximum absolute atomic E-state index is 11.5. The fourth-order valence-corrected chi connectivity index (χ4v) is 1.62. The standard InChI is InChI=1S/C12H17BrN2O2/c1-15(8-9-16)12(17)14-7-6-10-2-4-11(13)5-3-10/h2-5,16H,6-9H2,1H3,(H,14,17). The lowest BCUT2D eigenvalue weighted by Crippen LogP contribution is -2.39. The summed E-state index contributed by atoms with van der Waals surface area (Å²) < 4.78 is 1.05. The predicted octanol–water partition coefficient (Wildman–Crippen LogP) is 1.63.